The van der Waals surface area contributed by atoms with Crippen LogP contribution in [0.15, 0.2) is 95.9 Å². The lowest BCUT2D eigenvalue weighted by Gasteiger charge is -2.14. The fraction of sp³-hybridized carbons (Fsp3) is 0.0741. The Balaban J connectivity index is 1.64. The van der Waals surface area contributed by atoms with Crippen LogP contribution in [0.2, 0.25) is 5.02 Å². The van der Waals surface area contributed by atoms with Gasteiger partial charge in [0.1, 0.15) is 11.4 Å². The predicted octanol–water partition coefficient (Wildman–Crippen LogP) is 8.14. The third-order valence-corrected chi connectivity index (χ3v) is 8.03. The van der Waals surface area contributed by atoms with Crippen molar-refractivity contribution in [3.05, 3.63) is 102 Å². The van der Waals surface area contributed by atoms with Crippen LogP contribution in [0.1, 0.15) is 5.69 Å². The molecule has 194 valence electrons. The van der Waals surface area contributed by atoms with Gasteiger partial charge in [-0.1, -0.05) is 41.9 Å². The molecule has 0 saturated carbocycles. The molecule has 0 radical (unpaired) electrons. The van der Waals surface area contributed by atoms with E-state index in [1.807, 2.05) is 6.07 Å². The Labute approximate surface area is 225 Å². The molecule has 5 aromatic rings. The van der Waals surface area contributed by atoms with Gasteiger partial charge in [0.25, 0.3) is 0 Å². The van der Waals surface area contributed by atoms with E-state index in [1.54, 1.807) is 60.7 Å². The standard InChI is InChI=1S/C27H18ClF3N2O3S2/c1-38(34,35)20-9-5-6-17(14-20)24-12-13-25(37-24)22-16-26(27(29,30)31)32-33(22)21-15-18(28)10-11-23(21)36-19-7-3-2-4-8-19/h2-16H,1H3. The molecule has 0 aliphatic rings. The Morgan fingerprint density at radius 3 is 2.34 bits per heavy atom. The summed E-state index contributed by atoms with van der Waals surface area (Å²) in [5, 5.41) is 4.17. The molecule has 0 fully saturated rings. The number of benzene rings is 3. The number of halogens is 4. The first kappa shape index (κ1) is 26.0. The Hall–Kier alpha value is -3.60. The van der Waals surface area contributed by atoms with Crippen molar-refractivity contribution in [3.63, 3.8) is 0 Å². The molecule has 0 aliphatic heterocycles. The fourth-order valence-corrected chi connectivity index (χ4v) is 5.58. The molecule has 0 spiro atoms. The first-order valence-corrected chi connectivity index (χ1v) is 14.2. The van der Waals surface area contributed by atoms with Gasteiger partial charge in [-0.05, 0) is 66.2 Å². The molecular formula is C27H18ClF3N2O3S2. The van der Waals surface area contributed by atoms with E-state index >= 15 is 0 Å². The number of rotatable bonds is 6. The number of ether oxygens (including phenoxy) is 1. The highest BCUT2D eigenvalue weighted by Crippen LogP contribution is 2.41. The van der Waals surface area contributed by atoms with E-state index < -0.39 is 21.7 Å². The van der Waals surface area contributed by atoms with Gasteiger partial charge in [0.2, 0.25) is 0 Å². The van der Waals surface area contributed by atoms with Crippen molar-refractivity contribution >= 4 is 32.8 Å². The molecule has 11 heteroatoms. The highest BCUT2D eigenvalue weighted by molar-refractivity contribution is 7.90. The number of nitrogens with zero attached hydrogens (tertiary/aromatic N) is 2. The van der Waals surface area contributed by atoms with Gasteiger partial charge in [0.05, 0.1) is 15.5 Å². The zero-order chi connectivity index (χ0) is 27.1. The lowest BCUT2D eigenvalue weighted by molar-refractivity contribution is -0.141. The van der Waals surface area contributed by atoms with E-state index in [1.165, 1.54) is 29.5 Å². The van der Waals surface area contributed by atoms with Crippen LogP contribution in [0.4, 0.5) is 13.2 Å². The van der Waals surface area contributed by atoms with Crippen molar-refractivity contribution in [2.24, 2.45) is 0 Å². The summed E-state index contributed by atoms with van der Waals surface area (Å²) in [4.78, 5) is 1.31. The largest absolute Gasteiger partial charge is 0.455 e. The molecule has 0 bridgehead atoms. The molecule has 5 rings (SSSR count). The molecule has 38 heavy (non-hydrogen) atoms. The first-order valence-electron chi connectivity index (χ1n) is 11.1. The second kappa shape index (κ2) is 9.94. The SMILES string of the molecule is CS(=O)(=O)c1cccc(-c2ccc(-c3cc(C(F)(F)F)nn3-c3cc(Cl)ccc3Oc3ccccc3)s2)c1. The Bertz CT molecular complexity index is 1730. The highest BCUT2D eigenvalue weighted by Gasteiger charge is 2.36. The molecular weight excluding hydrogens is 557 g/mol. The number of hydrogen-bond donors (Lipinski definition) is 0. The van der Waals surface area contributed by atoms with Crippen LogP contribution in [0.3, 0.4) is 0 Å². The predicted molar refractivity (Wildman–Crippen MR) is 142 cm³/mol. The number of para-hydroxylation sites is 1. The topological polar surface area (TPSA) is 61.2 Å². The van der Waals surface area contributed by atoms with Gasteiger partial charge < -0.3 is 4.74 Å². The smallest absolute Gasteiger partial charge is 0.435 e. The lowest BCUT2D eigenvalue weighted by Crippen LogP contribution is -2.08. The summed E-state index contributed by atoms with van der Waals surface area (Å²) in [7, 11) is -3.43. The third kappa shape index (κ3) is 5.47. The normalized spacial score (nSPS) is 12.0. The monoisotopic (exact) mass is 574 g/mol. The van der Waals surface area contributed by atoms with Gasteiger partial charge in [0, 0.05) is 16.2 Å². The van der Waals surface area contributed by atoms with Crippen molar-refractivity contribution in [3.8, 4) is 38.2 Å². The molecule has 0 unspecified atom stereocenters. The van der Waals surface area contributed by atoms with Crippen LogP contribution in [0.25, 0.3) is 26.7 Å². The average Bonchev–Trinajstić information content (AvgIpc) is 3.53. The van der Waals surface area contributed by atoms with Crippen molar-refractivity contribution in [2.45, 2.75) is 11.1 Å². The average molecular weight is 575 g/mol. The molecule has 0 amide bonds. The van der Waals surface area contributed by atoms with E-state index in [0.717, 1.165) is 17.0 Å². The number of hydrogen-bond acceptors (Lipinski definition) is 5. The third-order valence-electron chi connectivity index (χ3n) is 5.53. The van der Waals surface area contributed by atoms with Gasteiger partial charge in [-0.25, -0.2) is 13.1 Å². The van der Waals surface area contributed by atoms with Gasteiger partial charge in [-0.3, -0.25) is 0 Å². The molecule has 0 atom stereocenters. The number of alkyl halides is 3. The van der Waals surface area contributed by atoms with Crippen LogP contribution in [-0.2, 0) is 16.0 Å². The maximum atomic E-state index is 13.8. The van der Waals surface area contributed by atoms with Gasteiger partial charge in [-0.2, -0.15) is 18.3 Å². The van der Waals surface area contributed by atoms with Crippen LogP contribution in [0.5, 0.6) is 11.5 Å². The Morgan fingerprint density at radius 1 is 0.895 bits per heavy atom. The number of sulfone groups is 1. The lowest BCUT2D eigenvalue weighted by atomic mass is 10.2. The van der Waals surface area contributed by atoms with E-state index in [2.05, 4.69) is 5.10 Å². The molecule has 5 nitrogen and oxygen atoms in total. The highest BCUT2D eigenvalue weighted by atomic mass is 35.5. The molecule has 2 heterocycles. The van der Waals surface area contributed by atoms with Crippen LogP contribution in [0, 0.1) is 0 Å². The summed E-state index contributed by atoms with van der Waals surface area (Å²) in [5.74, 6) is 0.751. The van der Waals surface area contributed by atoms with Gasteiger partial charge >= 0.3 is 6.18 Å². The minimum absolute atomic E-state index is 0.149. The van der Waals surface area contributed by atoms with E-state index in [4.69, 9.17) is 16.3 Å². The molecule has 3 aromatic carbocycles. The summed E-state index contributed by atoms with van der Waals surface area (Å²) < 4.78 is 72.5. The van der Waals surface area contributed by atoms with Crippen LogP contribution >= 0.6 is 22.9 Å². The number of aromatic nitrogens is 2. The second-order valence-electron chi connectivity index (χ2n) is 8.32. The van der Waals surface area contributed by atoms with Crippen molar-refractivity contribution in [1.29, 1.82) is 0 Å². The van der Waals surface area contributed by atoms with Crippen molar-refractivity contribution in [1.82, 2.24) is 9.78 Å². The molecule has 2 aromatic heterocycles. The molecule has 0 saturated heterocycles. The van der Waals surface area contributed by atoms with Crippen LogP contribution in [-0.4, -0.2) is 24.5 Å². The number of thiophene rings is 1. The maximum Gasteiger partial charge on any atom is 0.435 e. The summed E-state index contributed by atoms with van der Waals surface area (Å²) in [6.45, 7) is 0. The fourth-order valence-electron chi connectivity index (χ4n) is 3.75. The Kier molecular flexibility index (Phi) is 6.81. The summed E-state index contributed by atoms with van der Waals surface area (Å²) >= 11 is 7.44. The zero-order valence-electron chi connectivity index (χ0n) is 19.6. The maximum absolute atomic E-state index is 13.8. The minimum Gasteiger partial charge on any atom is -0.455 e. The van der Waals surface area contributed by atoms with Gasteiger partial charge in [-0.15, -0.1) is 11.3 Å². The Morgan fingerprint density at radius 2 is 1.63 bits per heavy atom. The summed E-state index contributed by atoms with van der Waals surface area (Å²) in [5.41, 5.74) is -0.0526. The second-order valence-corrected chi connectivity index (χ2v) is 11.9. The molecule has 0 N–H and O–H groups in total. The summed E-state index contributed by atoms with van der Waals surface area (Å²) in [6.07, 6.45) is -3.58. The van der Waals surface area contributed by atoms with E-state index in [0.29, 0.717) is 26.1 Å². The minimum atomic E-state index is -4.69. The summed E-state index contributed by atoms with van der Waals surface area (Å²) in [6, 6.07) is 24.2. The van der Waals surface area contributed by atoms with E-state index in [9.17, 15) is 21.6 Å². The van der Waals surface area contributed by atoms with E-state index in [-0.39, 0.29) is 22.0 Å². The quantitative estimate of drug-likeness (QED) is 0.205. The first-order chi connectivity index (χ1) is 18.0. The van der Waals surface area contributed by atoms with Crippen molar-refractivity contribution in [2.75, 3.05) is 6.26 Å². The van der Waals surface area contributed by atoms with Gasteiger partial charge in [0.15, 0.2) is 21.3 Å². The zero-order valence-corrected chi connectivity index (χ0v) is 22.0. The molecule has 0 aliphatic carbocycles. The van der Waals surface area contributed by atoms with Crippen LogP contribution < -0.4 is 4.74 Å². The van der Waals surface area contributed by atoms with Crippen molar-refractivity contribution < 1.29 is 26.3 Å².